The van der Waals surface area contributed by atoms with E-state index in [4.69, 9.17) is 4.98 Å². The number of hydrogen-bond donors (Lipinski definition) is 1. The number of aliphatic hydroxyl groups is 1. The summed E-state index contributed by atoms with van der Waals surface area (Å²) < 4.78 is 0. The van der Waals surface area contributed by atoms with Gasteiger partial charge in [-0.2, -0.15) is 0 Å². The summed E-state index contributed by atoms with van der Waals surface area (Å²) in [5.74, 6) is 1.18. The highest BCUT2D eigenvalue weighted by molar-refractivity contribution is 7.15. The van der Waals surface area contributed by atoms with E-state index < -0.39 is 0 Å². The lowest BCUT2D eigenvalue weighted by molar-refractivity contribution is 0.283. The normalized spacial score (nSPS) is 25.7. The molecule has 3 nitrogen and oxygen atoms in total. The maximum Gasteiger partial charge on any atom is 0.186 e. The largest absolute Gasteiger partial charge is 0.391 e. The zero-order chi connectivity index (χ0) is 13.3. The zero-order valence-corrected chi connectivity index (χ0v) is 12.6. The Morgan fingerprint density at radius 3 is 2.72 bits per heavy atom. The minimum Gasteiger partial charge on any atom is -0.391 e. The van der Waals surface area contributed by atoms with Gasteiger partial charge in [-0.25, -0.2) is 4.98 Å². The SMILES string of the molecule is CCC(C)c1nc(N2CC(C)CC2C)sc1CO. The molecule has 0 bridgehead atoms. The van der Waals surface area contributed by atoms with Crippen LogP contribution in [0.3, 0.4) is 0 Å². The zero-order valence-electron chi connectivity index (χ0n) is 11.8. The number of thiazole rings is 1. The van der Waals surface area contributed by atoms with Gasteiger partial charge in [0, 0.05) is 12.6 Å². The highest BCUT2D eigenvalue weighted by Crippen LogP contribution is 2.36. The van der Waals surface area contributed by atoms with Gasteiger partial charge in [0.15, 0.2) is 5.13 Å². The lowest BCUT2D eigenvalue weighted by Crippen LogP contribution is -2.26. The average molecular weight is 268 g/mol. The van der Waals surface area contributed by atoms with Crippen LogP contribution in [0.5, 0.6) is 0 Å². The monoisotopic (exact) mass is 268 g/mol. The van der Waals surface area contributed by atoms with Gasteiger partial charge in [0.1, 0.15) is 0 Å². The summed E-state index contributed by atoms with van der Waals surface area (Å²) >= 11 is 1.67. The molecule has 1 aromatic heterocycles. The second-order valence-electron chi connectivity index (χ2n) is 5.61. The van der Waals surface area contributed by atoms with Gasteiger partial charge < -0.3 is 10.0 Å². The third-order valence-corrected chi connectivity index (χ3v) is 5.06. The molecule has 1 aliphatic heterocycles. The van der Waals surface area contributed by atoms with Crippen LogP contribution >= 0.6 is 11.3 Å². The molecule has 0 radical (unpaired) electrons. The standard InChI is InChI=1S/C14H24N2OS/c1-5-10(3)13-12(8-17)18-14(15-13)16-7-9(2)6-11(16)4/h9-11,17H,5-8H2,1-4H3. The van der Waals surface area contributed by atoms with E-state index in [-0.39, 0.29) is 6.61 Å². The first-order chi connectivity index (χ1) is 8.56. The van der Waals surface area contributed by atoms with Crippen LogP contribution in [0, 0.1) is 5.92 Å². The quantitative estimate of drug-likeness (QED) is 0.909. The summed E-state index contributed by atoms with van der Waals surface area (Å²) in [6.07, 6.45) is 2.31. The number of anilines is 1. The highest BCUT2D eigenvalue weighted by atomic mass is 32.1. The molecule has 2 heterocycles. The Morgan fingerprint density at radius 1 is 1.50 bits per heavy atom. The van der Waals surface area contributed by atoms with Crippen molar-refractivity contribution >= 4 is 16.5 Å². The van der Waals surface area contributed by atoms with Crippen molar-refractivity contribution in [2.75, 3.05) is 11.4 Å². The van der Waals surface area contributed by atoms with E-state index in [0.717, 1.165) is 34.6 Å². The Kier molecular flexibility index (Phi) is 4.28. The van der Waals surface area contributed by atoms with Gasteiger partial charge >= 0.3 is 0 Å². The first kappa shape index (κ1) is 13.8. The van der Waals surface area contributed by atoms with E-state index in [1.54, 1.807) is 11.3 Å². The summed E-state index contributed by atoms with van der Waals surface area (Å²) in [6, 6.07) is 0.572. The van der Waals surface area contributed by atoms with Gasteiger partial charge in [0.05, 0.1) is 17.2 Å². The van der Waals surface area contributed by atoms with Crippen LogP contribution in [0.15, 0.2) is 0 Å². The Hall–Kier alpha value is -0.610. The van der Waals surface area contributed by atoms with Gasteiger partial charge in [-0.3, -0.25) is 0 Å². The summed E-state index contributed by atoms with van der Waals surface area (Å²) in [6.45, 7) is 10.1. The van der Waals surface area contributed by atoms with Crippen molar-refractivity contribution in [3.63, 3.8) is 0 Å². The smallest absolute Gasteiger partial charge is 0.186 e. The fraction of sp³-hybridized carbons (Fsp3) is 0.786. The molecule has 2 rings (SSSR count). The molecule has 0 saturated carbocycles. The van der Waals surface area contributed by atoms with Gasteiger partial charge in [-0.1, -0.05) is 32.1 Å². The highest BCUT2D eigenvalue weighted by Gasteiger charge is 2.29. The van der Waals surface area contributed by atoms with Crippen LogP contribution in [0.1, 0.15) is 57.0 Å². The molecular weight excluding hydrogens is 244 g/mol. The van der Waals surface area contributed by atoms with Crippen molar-refractivity contribution in [3.05, 3.63) is 10.6 Å². The van der Waals surface area contributed by atoms with E-state index in [0.29, 0.717) is 12.0 Å². The van der Waals surface area contributed by atoms with Crippen LogP contribution in [0.4, 0.5) is 5.13 Å². The maximum absolute atomic E-state index is 9.49. The third kappa shape index (κ3) is 2.54. The Labute approximate surface area is 114 Å². The molecule has 3 unspecified atom stereocenters. The Bertz CT molecular complexity index is 404. The van der Waals surface area contributed by atoms with E-state index in [1.807, 2.05) is 0 Å². The second-order valence-corrected chi connectivity index (χ2v) is 6.68. The minimum atomic E-state index is 0.120. The van der Waals surface area contributed by atoms with Crippen LogP contribution in [0.25, 0.3) is 0 Å². The van der Waals surface area contributed by atoms with Gasteiger partial charge in [-0.15, -0.1) is 0 Å². The third-order valence-electron chi connectivity index (χ3n) is 3.97. The summed E-state index contributed by atoms with van der Waals surface area (Å²) in [7, 11) is 0. The first-order valence-electron chi connectivity index (χ1n) is 6.93. The van der Waals surface area contributed by atoms with Gasteiger partial charge in [0.25, 0.3) is 0 Å². The van der Waals surface area contributed by atoms with E-state index in [9.17, 15) is 5.11 Å². The van der Waals surface area contributed by atoms with E-state index in [1.165, 1.54) is 6.42 Å². The van der Waals surface area contributed by atoms with E-state index >= 15 is 0 Å². The molecule has 1 fully saturated rings. The molecule has 0 spiro atoms. The molecule has 18 heavy (non-hydrogen) atoms. The van der Waals surface area contributed by atoms with Crippen LogP contribution in [-0.4, -0.2) is 22.7 Å². The predicted molar refractivity (Wildman–Crippen MR) is 77.3 cm³/mol. The summed E-state index contributed by atoms with van der Waals surface area (Å²) in [5.41, 5.74) is 1.10. The van der Waals surface area contributed by atoms with Gasteiger partial charge in [0.2, 0.25) is 0 Å². The molecule has 1 aliphatic rings. The number of aromatic nitrogens is 1. The molecule has 3 atom stereocenters. The van der Waals surface area contributed by atoms with Gasteiger partial charge in [-0.05, 0) is 31.6 Å². The fourth-order valence-corrected chi connectivity index (χ4v) is 3.88. The van der Waals surface area contributed by atoms with Crippen molar-refractivity contribution < 1.29 is 5.11 Å². The molecule has 0 aromatic carbocycles. The minimum absolute atomic E-state index is 0.120. The predicted octanol–water partition coefficient (Wildman–Crippen LogP) is 3.38. The first-order valence-corrected chi connectivity index (χ1v) is 7.75. The van der Waals surface area contributed by atoms with Crippen LogP contribution in [-0.2, 0) is 6.61 Å². The maximum atomic E-state index is 9.49. The Morgan fingerprint density at radius 2 is 2.22 bits per heavy atom. The summed E-state index contributed by atoms with van der Waals surface area (Å²) in [5, 5.41) is 10.6. The van der Waals surface area contributed by atoms with Crippen molar-refractivity contribution in [3.8, 4) is 0 Å². The molecule has 1 aromatic rings. The van der Waals surface area contributed by atoms with Crippen molar-refractivity contribution in [2.24, 2.45) is 5.92 Å². The van der Waals surface area contributed by atoms with E-state index in [2.05, 4.69) is 32.6 Å². The average Bonchev–Trinajstić information content (AvgIpc) is 2.91. The lowest BCUT2D eigenvalue weighted by atomic mass is 10.0. The van der Waals surface area contributed by atoms with Crippen LogP contribution in [0.2, 0.25) is 0 Å². The fourth-order valence-electron chi connectivity index (χ4n) is 2.73. The number of nitrogens with zero attached hydrogens (tertiary/aromatic N) is 2. The molecule has 1 N–H and O–H groups in total. The molecule has 1 saturated heterocycles. The van der Waals surface area contributed by atoms with Crippen molar-refractivity contribution in [1.82, 2.24) is 4.98 Å². The number of aliphatic hydroxyl groups excluding tert-OH is 1. The van der Waals surface area contributed by atoms with Crippen LogP contribution < -0.4 is 4.90 Å². The molecule has 102 valence electrons. The molecule has 0 aliphatic carbocycles. The second kappa shape index (κ2) is 5.57. The summed E-state index contributed by atoms with van der Waals surface area (Å²) in [4.78, 5) is 8.25. The molecule has 0 amide bonds. The lowest BCUT2D eigenvalue weighted by Gasteiger charge is -2.20. The Balaban J connectivity index is 2.27. The molecular formula is C14H24N2OS. The van der Waals surface area contributed by atoms with Crippen molar-refractivity contribution in [2.45, 2.75) is 59.1 Å². The molecule has 4 heteroatoms. The van der Waals surface area contributed by atoms with Crippen molar-refractivity contribution in [1.29, 1.82) is 0 Å². The number of hydrogen-bond acceptors (Lipinski definition) is 4. The number of rotatable bonds is 4. The topological polar surface area (TPSA) is 36.4 Å².